The molecule has 0 aliphatic heterocycles. The van der Waals surface area contributed by atoms with E-state index in [1.807, 2.05) is 30.3 Å². The third kappa shape index (κ3) is 6.05. The van der Waals surface area contributed by atoms with Crippen LogP contribution in [0.2, 0.25) is 0 Å². The van der Waals surface area contributed by atoms with Crippen LogP contribution < -0.4 is 5.32 Å². The number of carbonyl (C=O) groups excluding carboxylic acids is 2. The van der Waals surface area contributed by atoms with Gasteiger partial charge in [-0.1, -0.05) is 32.0 Å². The number of sulfonamides is 1. The van der Waals surface area contributed by atoms with Crippen molar-refractivity contribution in [2.75, 3.05) is 19.6 Å². The van der Waals surface area contributed by atoms with Crippen LogP contribution in [0.3, 0.4) is 0 Å². The van der Waals surface area contributed by atoms with Gasteiger partial charge >= 0.3 is 5.97 Å². The minimum atomic E-state index is -3.61. The molecule has 1 amide bonds. The standard InChI is InChI=1S/C23H25N3O6S/c1-3-26(4-2)33(29,30)20-12-10-17(11-13-20)22(28)24-14-21(27)31-15-19-16-32-23(25-19)18-8-6-5-7-9-18/h5-13,16H,3-4,14-15H2,1-2H3,(H,24,28). The lowest BCUT2D eigenvalue weighted by Gasteiger charge is -2.18. The van der Waals surface area contributed by atoms with Crippen molar-refractivity contribution >= 4 is 21.9 Å². The SMILES string of the molecule is CCN(CC)S(=O)(=O)c1ccc(C(=O)NCC(=O)OCc2coc(-c3ccccc3)n2)cc1. The molecule has 2 aromatic carbocycles. The van der Waals surface area contributed by atoms with Crippen molar-refractivity contribution in [3.63, 3.8) is 0 Å². The summed E-state index contributed by atoms with van der Waals surface area (Å²) in [6.45, 7) is 3.78. The van der Waals surface area contributed by atoms with E-state index in [1.54, 1.807) is 13.8 Å². The molecule has 1 aromatic heterocycles. The number of carbonyl (C=O) groups is 2. The van der Waals surface area contributed by atoms with Crippen LogP contribution in [0.25, 0.3) is 11.5 Å². The molecule has 0 unspecified atom stereocenters. The van der Waals surface area contributed by atoms with Gasteiger partial charge in [-0.25, -0.2) is 13.4 Å². The Morgan fingerprint density at radius 3 is 2.33 bits per heavy atom. The Labute approximate surface area is 192 Å². The summed E-state index contributed by atoms with van der Waals surface area (Å²) in [5.74, 6) is -0.749. The maximum Gasteiger partial charge on any atom is 0.325 e. The van der Waals surface area contributed by atoms with Gasteiger partial charge in [-0.05, 0) is 36.4 Å². The zero-order valence-electron chi connectivity index (χ0n) is 18.4. The zero-order valence-corrected chi connectivity index (χ0v) is 19.2. The number of amides is 1. The lowest BCUT2D eigenvalue weighted by molar-refractivity contribution is -0.143. The van der Waals surface area contributed by atoms with Gasteiger partial charge in [0.25, 0.3) is 5.91 Å². The highest BCUT2D eigenvalue weighted by Crippen LogP contribution is 2.18. The van der Waals surface area contributed by atoms with E-state index >= 15 is 0 Å². The number of benzene rings is 2. The van der Waals surface area contributed by atoms with E-state index in [9.17, 15) is 18.0 Å². The summed E-state index contributed by atoms with van der Waals surface area (Å²) >= 11 is 0. The van der Waals surface area contributed by atoms with Gasteiger partial charge in [-0.15, -0.1) is 0 Å². The van der Waals surface area contributed by atoms with Crippen LogP contribution in [0.1, 0.15) is 29.9 Å². The second-order valence-corrected chi connectivity index (χ2v) is 8.91. The average Bonchev–Trinajstić information content (AvgIpc) is 3.31. The number of aromatic nitrogens is 1. The molecule has 9 nitrogen and oxygen atoms in total. The largest absolute Gasteiger partial charge is 0.458 e. The average molecular weight is 472 g/mol. The molecule has 0 atom stereocenters. The molecule has 0 aliphatic rings. The van der Waals surface area contributed by atoms with Crippen molar-refractivity contribution in [2.45, 2.75) is 25.3 Å². The fraction of sp³-hybridized carbons (Fsp3) is 0.261. The second kappa shape index (κ2) is 10.9. The fourth-order valence-corrected chi connectivity index (χ4v) is 4.50. The first kappa shape index (κ1) is 24.1. The van der Waals surface area contributed by atoms with Gasteiger partial charge in [0, 0.05) is 24.2 Å². The smallest absolute Gasteiger partial charge is 0.325 e. The van der Waals surface area contributed by atoms with Gasteiger partial charge in [-0.2, -0.15) is 4.31 Å². The summed E-state index contributed by atoms with van der Waals surface area (Å²) in [6.07, 6.45) is 1.40. The van der Waals surface area contributed by atoms with Gasteiger partial charge in [0.1, 0.15) is 25.1 Å². The summed E-state index contributed by atoms with van der Waals surface area (Å²) in [6, 6.07) is 14.8. The zero-order chi connectivity index (χ0) is 23.8. The van der Waals surface area contributed by atoms with Crippen molar-refractivity contribution in [3.05, 3.63) is 72.1 Å². The molecule has 1 N–H and O–H groups in total. The summed E-state index contributed by atoms with van der Waals surface area (Å²) in [5.41, 5.74) is 1.47. The van der Waals surface area contributed by atoms with E-state index in [4.69, 9.17) is 9.15 Å². The molecule has 0 spiro atoms. The molecule has 0 fully saturated rings. The number of hydrogen-bond acceptors (Lipinski definition) is 7. The van der Waals surface area contributed by atoms with Crippen LogP contribution >= 0.6 is 0 Å². The Balaban J connectivity index is 1.49. The molecule has 174 valence electrons. The number of hydrogen-bond donors (Lipinski definition) is 1. The van der Waals surface area contributed by atoms with Crippen LogP contribution in [0, 0.1) is 0 Å². The molecule has 0 bridgehead atoms. The quantitative estimate of drug-likeness (QED) is 0.452. The highest BCUT2D eigenvalue weighted by molar-refractivity contribution is 7.89. The van der Waals surface area contributed by atoms with Crippen LogP contribution in [-0.4, -0.2) is 49.2 Å². The molecular formula is C23H25N3O6S. The predicted molar refractivity (Wildman–Crippen MR) is 121 cm³/mol. The van der Waals surface area contributed by atoms with Crippen LogP contribution in [0.4, 0.5) is 0 Å². The maximum atomic E-state index is 12.5. The molecule has 0 saturated carbocycles. The van der Waals surface area contributed by atoms with Crippen molar-refractivity contribution in [2.24, 2.45) is 0 Å². The molecule has 0 radical (unpaired) electrons. The Kier molecular flexibility index (Phi) is 7.96. The van der Waals surface area contributed by atoms with Gasteiger partial charge in [-0.3, -0.25) is 9.59 Å². The molecule has 3 rings (SSSR count). The monoisotopic (exact) mass is 471 g/mol. The van der Waals surface area contributed by atoms with Crippen LogP contribution in [0.15, 0.2) is 70.2 Å². The van der Waals surface area contributed by atoms with Crippen LogP contribution in [-0.2, 0) is 26.2 Å². The normalized spacial score (nSPS) is 11.4. The molecule has 33 heavy (non-hydrogen) atoms. The minimum absolute atomic E-state index is 0.0943. The summed E-state index contributed by atoms with van der Waals surface area (Å²) in [5, 5.41) is 2.45. The summed E-state index contributed by atoms with van der Waals surface area (Å²) < 4.78 is 36.9. The summed E-state index contributed by atoms with van der Waals surface area (Å²) in [7, 11) is -3.61. The van der Waals surface area contributed by atoms with E-state index in [1.165, 1.54) is 34.8 Å². The van der Waals surface area contributed by atoms with Gasteiger partial charge in [0.15, 0.2) is 0 Å². The number of rotatable bonds is 10. The van der Waals surface area contributed by atoms with E-state index in [-0.39, 0.29) is 23.6 Å². The van der Waals surface area contributed by atoms with Gasteiger partial charge in [0.05, 0.1) is 4.90 Å². The Morgan fingerprint density at radius 1 is 1.03 bits per heavy atom. The first-order valence-corrected chi connectivity index (χ1v) is 11.8. The number of oxazole rings is 1. The highest BCUT2D eigenvalue weighted by atomic mass is 32.2. The highest BCUT2D eigenvalue weighted by Gasteiger charge is 2.21. The van der Waals surface area contributed by atoms with Crippen molar-refractivity contribution in [1.82, 2.24) is 14.6 Å². The summed E-state index contributed by atoms with van der Waals surface area (Å²) in [4.78, 5) is 28.6. The first-order valence-electron chi connectivity index (χ1n) is 10.4. The third-order valence-electron chi connectivity index (χ3n) is 4.81. The van der Waals surface area contributed by atoms with Crippen molar-refractivity contribution in [3.8, 4) is 11.5 Å². The van der Waals surface area contributed by atoms with Crippen LogP contribution in [0.5, 0.6) is 0 Å². The Morgan fingerprint density at radius 2 is 1.70 bits per heavy atom. The lowest BCUT2D eigenvalue weighted by atomic mass is 10.2. The maximum absolute atomic E-state index is 12.5. The number of ether oxygens (including phenoxy) is 1. The van der Waals surface area contributed by atoms with E-state index in [0.717, 1.165) is 5.56 Å². The number of nitrogens with one attached hydrogen (secondary N) is 1. The molecule has 10 heteroatoms. The van der Waals surface area contributed by atoms with Gasteiger partial charge in [0.2, 0.25) is 15.9 Å². The molecule has 0 saturated heterocycles. The van der Waals surface area contributed by atoms with E-state index in [0.29, 0.717) is 24.7 Å². The Hall–Kier alpha value is -3.50. The first-order chi connectivity index (χ1) is 15.8. The van der Waals surface area contributed by atoms with Gasteiger partial charge < -0.3 is 14.5 Å². The van der Waals surface area contributed by atoms with Crippen molar-refractivity contribution < 1.29 is 27.2 Å². The molecular weight excluding hydrogens is 446 g/mol. The van der Waals surface area contributed by atoms with E-state index < -0.39 is 21.9 Å². The molecule has 1 heterocycles. The number of esters is 1. The fourth-order valence-electron chi connectivity index (χ4n) is 3.04. The van der Waals surface area contributed by atoms with E-state index in [2.05, 4.69) is 10.3 Å². The molecule has 3 aromatic rings. The van der Waals surface area contributed by atoms with Crippen molar-refractivity contribution in [1.29, 1.82) is 0 Å². The molecule has 0 aliphatic carbocycles. The number of nitrogens with zero attached hydrogens (tertiary/aromatic N) is 2. The second-order valence-electron chi connectivity index (χ2n) is 6.97. The Bertz CT molecular complexity index is 1190. The predicted octanol–water partition coefficient (Wildman–Crippen LogP) is 2.85. The lowest BCUT2D eigenvalue weighted by Crippen LogP contribution is -2.31. The third-order valence-corrected chi connectivity index (χ3v) is 6.87. The minimum Gasteiger partial charge on any atom is -0.458 e. The topological polar surface area (TPSA) is 119 Å².